The zero-order valence-electron chi connectivity index (χ0n) is 20.3. The van der Waals surface area contributed by atoms with Gasteiger partial charge >= 0.3 is 20.2 Å². The monoisotopic (exact) mass is 599 g/mol. The lowest BCUT2D eigenvalue weighted by molar-refractivity contribution is -0.139. The molecule has 3 aromatic rings. The third-order valence-electron chi connectivity index (χ3n) is 5.35. The Balaban J connectivity index is 1.66. The fourth-order valence-corrected chi connectivity index (χ4v) is 4.70. The molecule has 0 amide bonds. The molecule has 3 rings (SSSR count). The van der Waals surface area contributed by atoms with E-state index in [1.807, 2.05) is 0 Å². The number of alkyl halides is 6. The summed E-state index contributed by atoms with van der Waals surface area (Å²) in [6, 6.07) is 8.17. The number of phosphoric ester groups is 1. The van der Waals surface area contributed by atoms with Gasteiger partial charge in [-0.25, -0.2) is 4.57 Å². The second-order valence-electron chi connectivity index (χ2n) is 8.81. The molecule has 0 aliphatic carbocycles. The van der Waals surface area contributed by atoms with E-state index in [1.54, 1.807) is 6.07 Å². The first-order valence-electron chi connectivity index (χ1n) is 11.3. The fourth-order valence-electron chi connectivity index (χ4n) is 3.38. The van der Waals surface area contributed by atoms with Crippen LogP contribution in [0.4, 0.5) is 26.3 Å². The number of aryl methyl sites for hydroxylation is 1. The number of rotatable bonds is 11. The summed E-state index contributed by atoms with van der Waals surface area (Å²) < 4.78 is 101. The average Bonchev–Trinajstić information content (AvgIpc) is 3.33. The van der Waals surface area contributed by atoms with Crippen LogP contribution in [-0.2, 0) is 33.4 Å². The second-order valence-corrected chi connectivity index (χ2v) is 11.0. The van der Waals surface area contributed by atoms with Crippen molar-refractivity contribution in [3.05, 3.63) is 64.2 Å². The fraction of sp³-hybridized carbons (Fsp3) is 0.391. The van der Waals surface area contributed by atoms with Crippen LogP contribution < -0.4 is 10.5 Å². The molecule has 8 nitrogen and oxygen atoms in total. The summed E-state index contributed by atoms with van der Waals surface area (Å²) >= 11 is 0.835. The quantitative estimate of drug-likeness (QED) is 0.141. The maximum absolute atomic E-state index is 13.8. The van der Waals surface area contributed by atoms with Gasteiger partial charge in [0, 0.05) is 5.56 Å². The first kappa shape index (κ1) is 31.0. The van der Waals surface area contributed by atoms with Crippen molar-refractivity contribution in [3.63, 3.8) is 0 Å². The first-order valence-corrected chi connectivity index (χ1v) is 13.6. The first-order chi connectivity index (χ1) is 18.0. The van der Waals surface area contributed by atoms with Crippen LogP contribution >= 0.6 is 19.2 Å². The average molecular weight is 599 g/mol. The number of phosphoric acid groups is 1. The molecule has 0 spiro atoms. The van der Waals surface area contributed by atoms with E-state index < -0.39 is 49.2 Å². The van der Waals surface area contributed by atoms with Crippen molar-refractivity contribution in [2.75, 3.05) is 13.2 Å². The summed E-state index contributed by atoms with van der Waals surface area (Å²) in [6.45, 7) is 0.674. The maximum atomic E-state index is 13.8. The zero-order valence-corrected chi connectivity index (χ0v) is 22.0. The van der Waals surface area contributed by atoms with Crippen LogP contribution in [0.3, 0.4) is 0 Å². The van der Waals surface area contributed by atoms with Gasteiger partial charge in [-0.1, -0.05) is 29.5 Å². The summed E-state index contributed by atoms with van der Waals surface area (Å²) in [6.07, 6.45) is -8.22. The van der Waals surface area contributed by atoms with E-state index in [1.165, 1.54) is 19.1 Å². The molecule has 0 radical (unpaired) electrons. The van der Waals surface area contributed by atoms with Crippen LogP contribution in [0.25, 0.3) is 10.6 Å². The van der Waals surface area contributed by atoms with Crippen LogP contribution in [0.5, 0.6) is 5.75 Å². The second kappa shape index (κ2) is 11.9. The van der Waals surface area contributed by atoms with Crippen molar-refractivity contribution in [3.8, 4) is 16.3 Å². The Hall–Kier alpha value is -2.55. The molecule has 0 fully saturated rings. The lowest BCUT2D eigenvalue weighted by Crippen LogP contribution is -2.37. The minimum atomic E-state index is -4.81. The Morgan fingerprint density at radius 1 is 1.00 bits per heavy atom. The molecule has 1 heterocycles. The normalized spacial score (nSPS) is 14.3. The molecular weight excluding hydrogens is 575 g/mol. The van der Waals surface area contributed by atoms with E-state index in [0.717, 1.165) is 35.6 Å². The minimum Gasteiger partial charge on any atom is -0.493 e. The minimum absolute atomic E-state index is 0.0645. The van der Waals surface area contributed by atoms with Crippen LogP contribution in [0.15, 0.2) is 42.5 Å². The maximum Gasteiger partial charge on any atom is 0.469 e. The topological polar surface area (TPSA) is 128 Å². The van der Waals surface area contributed by atoms with Crippen LogP contribution in [0.2, 0.25) is 0 Å². The number of ether oxygens (including phenoxy) is 1. The SMILES string of the molecule is C[C@](N)(COP(=O)(O)O)c1nnc(-c2ccc(OCCCCc3cccc(C(F)(F)F)c3)c(C(F)(F)F)c2)s1. The summed E-state index contributed by atoms with van der Waals surface area (Å²) in [5.74, 6) is -0.422. The number of hydrogen-bond acceptors (Lipinski definition) is 7. The van der Waals surface area contributed by atoms with Crippen molar-refractivity contribution >= 4 is 19.2 Å². The summed E-state index contributed by atoms with van der Waals surface area (Å²) in [5.41, 5.74) is 3.22. The molecule has 1 atom stereocenters. The van der Waals surface area contributed by atoms with Gasteiger partial charge < -0.3 is 20.3 Å². The lowest BCUT2D eigenvalue weighted by Gasteiger charge is -2.21. The van der Waals surface area contributed by atoms with Crippen molar-refractivity contribution in [1.82, 2.24) is 10.2 Å². The van der Waals surface area contributed by atoms with Gasteiger partial charge in [0.1, 0.15) is 15.8 Å². The van der Waals surface area contributed by atoms with E-state index >= 15 is 0 Å². The highest BCUT2D eigenvalue weighted by molar-refractivity contribution is 7.46. The molecule has 39 heavy (non-hydrogen) atoms. The number of aromatic nitrogens is 2. The van der Waals surface area contributed by atoms with E-state index in [9.17, 15) is 30.9 Å². The van der Waals surface area contributed by atoms with E-state index in [0.29, 0.717) is 24.8 Å². The van der Waals surface area contributed by atoms with Crippen molar-refractivity contribution in [1.29, 1.82) is 0 Å². The number of hydrogen-bond donors (Lipinski definition) is 3. The molecule has 214 valence electrons. The molecule has 1 aromatic heterocycles. The summed E-state index contributed by atoms with van der Waals surface area (Å²) in [5, 5.41) is 7.84. The van der Waals surface area contributed by atoms with Gasteiger partial charge in [0.15, 0.2) is 0 Å². The Morgan fingerprint density at radius 2 is 1.72 bits per heavy atom. The van der Waals surface area contributed by atoms with Gasteiger partial charge in [0.2, 0.25) is 0 Å². The summed E-state index contributed by atoms with van der Waals surface area (Å²) in [4.78, 5) is 17.7. The van der Waals surface area contributed by atoms with Gasteiger partial charge in [-0.3, -0.25) is 4.52 Å². The molecule has 0 aliphatic rings. The summed E-state index contributed by atoms with van der Waals surface area (Å²) in [7, 11) is -4.81. The Kier molecular flexibility index (Phi) is 9.46. The molecule has 0 saturated carbocycles. The number of nitrogens with zero attached hydrogens (tertiary/aromatic N) is 2. The predicted octanol–water partition coefficient (Wildman–Crippen LogP) is 5.93. The molecule has 0 unspecified atom stereocenters. The molecule has 0 saturated heterocycles. The highest BCUT2D eigenvalue weighted by Gasteiger charge is 2.36. The van der Waals surface area contributed by atoms with Crippen molar-refractivity contribution < 1.29 is 50.0 Å². The lowest BCUT2D eigenvalue weighted by atomic mass is 10.1. The van der Waals surface area contributed by atoms with Gasteiger partial charge in [0.25, 0.3) is 0 Å². The van der Waals surface area contributed by atoms with Gasteiger partial charge in [-0.15, -0.1) is 10.2 Å². The Labute approximate surface area is 223 Å². The third kappa shape index (κ3) is 8.98. The smallest absolute Gasteiger partial charge is 0.469 e. The predicted molar refractivity (Wildman–Crippen MR) is 130 cm³/mol. The Morgan fingerprint density at radius 3 is 2.36 bits per heavy atom. The standard InChI is InChI=1S/C23H24F6N3O5PS/c1-21(30,13-37-38(33,34)35)20-32-31-19(39-20)15-8-9-18(17(12-15)23(27,28)29)36-10-3-2-5-14-6-4-7-16(11-14)22(24,25)26/h4,6-9,11-12H,2-3,5,10,13,30H2,1H3,(H2,33,34,35)/t21-/m0/s1. The highest BCUT2D eigenvalue weighted by Crippen LogP contribution is 2.41. The molecule has 0 aliphatic heterocycles. The van der Waals surface area contributed by atoms with Crippen LogP contribution in [-0.4, -0.2) is 33.2 Å². The van der Waals surface area contributed by atoms with E-state index in [-0.39, 0.29) is 22.2 Å². The van der Waals surface area contributed by atoms with Crippen molar-refractivity contribution in [2.45, 2.75) is 44.1 Å². The number of benzene rings is 2. The number of unbranched alkanes of at least 4 members (excludes halogenated alkanes) is 1. The molecule has 16 heteroatoms. The molecule has 4 N–H and O–H groups in total. The zero-order chi connectivity index (χ0) is 29.1. The number of halogens is 6. The van der Waals surface area contributed by atoms with Gasteiger partial charge in [-0.05, 0) is 56.0 Å². The van der Waals surface area contributed by atoms with Gasteiger partial charge in [-0.2, -0.15) is 26.3 Å². The Bertz CT molecular complexity index is 1330. The highest BCUT2D eigenvalue weighted by atomic mass is 32.1. The van der Waals surface area contributed by atoms with E-state index in [2.05, 4.69) is 14.7 Å². The van der Waals surface area contributed by atoms with Crippen LogP contribution in [0, 0.1) is 0 Å². The van der Waals surface area contributed by atoms with Gasteiger partial charge in [0.05, 0.1) is 29.9 Å². The molecular formula is C23H24F6N3O5PS. The largest absolute Gasteiger partial charge is 0.493 e. The van der Waals surface area contributed by atoms with Crippen LogP contribution in [0.1, 0.15) is 41.5 Å². The van der Waals surface area contributed by atoms with Crippen molar-refractivity contribution in [2.24, 2.45) is 5.73 Å². The molecule has 2 aromatic carbocycles. The molecule has 0 bridgehead atoms. The third-order valence-corrected chi connectivity index (χ3v) is 7.07. The van der Waals surface area contributed by atoms with E-state index in [4.69, 9.17) is 20.3 Å². The number of nitrogens with two attached hydrogens (primary N) is 1.